The standard InChI is InChI=1S/C11H13BrO3/c1-6-5-9(12)7(2)11(15)8(6)3-4-10(13)14/h5,15H,3-4H2,1-2H3,(H,13,14). The monoisotopic (exact) mass is 272 g/mol. The topological polar surface area (TPSA) is 57.5 Å². The Balaban J connectivity index is 3.07. The van der Waals surface area contributed by atoms with Gasteiger partial charge in [-0.15, -0.1) is 0 Å². The number of hydrogen-bond donors (Lipinski definition) is 2. The van der Waals surface area contributed by atoms with E-state index in [9.17, 15) is 9.90 Å². The summed E-state index contributed by atoms with van der Waals surface area (Å²) in [6, 6.07) is 1.90. The third-order valence-electron chi connectivity index (χ3n) is 2.41. The second-order valence-electron chi connectivity index (χ2n) is 3.52. The van der Waals surface area contributed by atoms with Gasteiger partial charge in [0.15, 0.2) is 0 Å². The molecule has 1 aromatic rings. The molecule has 0 spiro atoms. The molecule has 0 aliphatic carbocycles. The molecule has 0 aromatic heterocycles. The molecule has 82 valence electrons. The molecule has 0 aliphatic rings. The van der Waals surface area contributed by atoms with Crippen LogP contribution in [0.3, 0.4) is 0 Å². The average Bonchev–Trinajstić information content (AvgIpc) is 2.14. The molecule has 0 amide bonds. The van der Waals surface area contributed by atoms with Crippen LogP contribution in [0.2, 0.25) is 0 Å². The number of rotatable bonds is 3. The van der Waals surface area contributed by atoms with Gasteiger partial charge in [-0.25, -0.2) is 0 Å². The molecule has 1 aromatic carbocycles. The van der Waals surface area contributed by atoms with Crippen molar-refractivity contribution in [3.05, 3.63) is 27.2 Å². The third kappa shape index (κ3) is 2.72. The van der Waals surface area contributed by atoms with E-state index in [0.717, 1.165) is 21.2 Å². The second-order valence-corrected chi connectivity index (χ2v) is 4.38. The number of aromatic hydroxyl groups is 1. The summed E-state index contributed by atoms with van der Waals surface area (Å²) in [5.41, 5.74) is 2.38. The number of carbonyl (C=O) groups is 1. The van der Waals surface area contributed by atoms with E-state index in [0.29, 0.717) is 6.42 Å². The Morgan fingerprint density at radius 1 is 1.47 bits per heavy atom. The van der Waals surface area contributed by atoms with Crippen LogP contribution in [0.4, 0.5) is 0 Å². The molecule has 0 fully saturated rings. The maximum atomic E-state index is 10.5. The maximum Gasteiger partial charge on any atom is 0.303 e. The highest BCUT2D eigenvalue weighted by molar-refractivity contribution is 9.10. The molecular weight excluding hydrogens is 260 g/mol. The Morgan fingerprint density at radius 3 is 2.60 bits per heavy atom. The van der Waals surface area contributed by atoms with Gasteiger partial charge in [-0.1, -0.05) is 15.9 Å². The summed E-state index contributed by atoms with van der Waals surface area (Å²) in [4.78, 5) is 10.5. The molecule has 2 N–H and O–H groups in total. The molecule has 0 unspecified atom stereocenters. The van der Waals surface area contributed by atoms with Crippen LogP contribution in [0.5, 0.6) is 5.75 Å². The van der Waals surface area contributed by atoms with E-state index in [4.69, 9.17) is 5.11 Å². The summed E-state index contributed by atoms with van der Waals surface area (Å²) in [7, 11) is 0. The fraction of sp³-hybridized carbons (Fsp3) is 0.364. The average molecular weight is 273 g/mol. The Kier molecular flexibility index (Phi) is 3.74. The molecule has 3 nitrogen and oxygen atoms in total. The predicted octanol–water partition coefficient (Wildman–Crippen LogP) is 2.79. The molecule has 1 rings (SSSR count). The number of halogens is 1. The van der Waals surface area contributed by atoms with Gasteiger partial charge in [0.2, 0.25) is 0 Å². The lowest BCUT2D eigenvalue weighted by molar-refractivity contribution is -0.136. The maximum absolute atomic E-state index is 10.5. The fourth-order valence-electron chi connectivity index (χ4n) is 1.46. The molecule has 0 bridgehead atoms. The highest BCUT2D eigenvalue weighted by atomic mass is 79.9. The summed E-state index contributed by atoms with van der Waals surface area (Å²) in [6.07, 6.45) is 0.399. The van der Waals surface area contributed by atoms with Gasteiger partial charge in [0.25, 0.3) is 0 Å². The summed E-state index contributed by atoms with van der Waals surface area (Å²) >= 11 is 3.33. The number of carboxylic acid groups (broad SMARTS) is 1. The Labute approximate surface area is 96.9 Å². The van der Waals surface area contributed by atoms with Gasteiger partial charge in [-0.2, -0.15) is 0 Å². The predicted molar refractivity (Wildman–Crippen MR) is 61.2 cm³/mol. The molecule has 0 radical (unpaired) electrons. The number of carboxylic acids is 1. The van der Waals surface area contributed by atoms with Crippen molar-refractivity contribution >= 4 is 21.9 Å². The lowest BCUT2D eigenvalue weighted by atomic mass is 10.00. The van der Waals surface area contributed by atoms with Gasteiger partial charge < -0.3 is 10.2 Å². The van der Waals surface area contributed by atoms with Gasteiger partial charge in [-0.05, 0) is 37.5 Å². The van der Waals surface area contributed by atoms with Gasteiger partial charge in [-0.3, -0.25) is 4.79 Å². The first-order valence-corrected chi connectivity index (χ1v) is 5.42. The Morgan fingerprint density at radius 2 is 2.07 bits per heavy atom. The van der Waals surface area contributed by atoms with Crippen molar-refractivity contribution in [1.82, 2.24) is 0 Å². The minimum absolute atomic E-state index is 0.0372. The van der Waals surface area contributed by atoms with E-state index < -0.39 is 5.97 Å². The van der Waals surface area contributed by atoms with Crippen molar-refractivity contribution in [2.75, 3.05) is 0 Å². The zero-order valence-corrected chi connectivity index (χ0v) is 10.3. The van der Waals surface area contributed by atoms with Gasteiger partial charge in [0, 0.05) is 16.5 Å². The van der Waals surface area contributed by atoms with Crippen LogP contribution >= 0.6 is 15.9 Å². The number of aliphatic carboxylic acids is 1. The molecule has 4 heteroatoms. The number of phenols is 1. The van der Waals surface area contributed by atoms with E-state index in [1.807, 2.05) is 13.0 Å². The van der Waals surface area contributed by atoms with E-state index in [-0.39, 0.29) is 12.2 Å². The van der Waals surface area contributed by atoms with E-state index in [1.165, 1.54) is 0 Å². The summed E-state index contributed by atoms with van der Waals surface area (Å²) in [6.45, 7) is 3.66. The van der Waals surface area contributed by atoms with Crippen LogP contribution in [0.25, 0.3) is 0 Å². The van der Waals surface area contributed by atoms with Crippen LogP contribution in [0.15, 0.2) is 10.5 Å². The lowest BCUT2D eigenvalue weighted by Gasteiger charge is -2.11. The minimum Gasteiger partial charge on any atom is -0.507 e. The zero-order valence-electron chi connectivity index (χ0n) is 8.67. The van der Waals surface area contributed by atoms with Crippen LogP contribution in [-0.4, -0.2) is 16.2 Å². The number of benzene rings is 1. The third-order valence-corrected chi connectivity index (χ3v) is 3.23. The minimum atomic E-state index is -0.852. The summed E-state index contributed by atoms with van der Waals surface area (Å²) in [5, 5.41) is 18.4. The van der Waals surface area contributed by atoms with Crippen LogP contribution in [-0.2, 0) is 11.2 Å². The molecule has 0 heterocycles. The highest BCUT2D eigenvalue weighted by Gasteiger charge is 2.12. The fourth-order valence-corrected chi connectivity index (χ4v) is 1.99. The van der Waals surface area contributed by atoms with Gasteiger partial charge in [0.1, 0.15) is 5.75 Å². The molecule has 0 saturated carbocycles. The van der Waals surface area contributed by atoms with Crippen LogP contribution in [0, 0.1) is 13.8 Å². The molecule has 15 heavy (non-hydrogen) atoms. The van der Waals surface area contributed by atoms with E-state index in [2.05, 4.69) is 15.9 Å². The van der Waals surface area contributed by atoms with Crippen molar-refractivity contribution < 1.29 is 15.0 Å². The lowest BCUT2D eigenvalue weighted by Crippen LogP contribution is -2.00. The normalized spacial score (nSPS) is 10.3. The van der Waals surface area contributed by atoms with Gasteiger partial charge in [0.05, 0.1) is 0 Å². The molecule has 0 saturated heterocycles. The van der Waals surface area contributed by atoms with Crippen LogP contribution in [0.1, 0.15) is 23.1 Å². The van der Waals surface area contributed by atoms with Crippen molar-refractivity contribution in [3.8, 4) is 5.75 Å². The first-order chi connectivity index (χ1) is 6.93. The first-order valence-electron chi connectivity index (χ1n) is 4.62. The Hall–Kier alpha value is -1.03. The van der Waals surface area contributed by atoms with Crippen LogP contribution < -0.4 is 0 Å². The smallest absolute Gasteiger partial charge is 0.303 e. The summed E-state index contributed by atoms with van der Waals surface area (Å²) < 4.78 is 0.844. The number of hydrogen-bond acceptors (Lipinski definition) is 2. The second kappa shape index (κ2) is 4.66. The first kappa shape index (κ1) is 12.0. The molecule has 0 atom stereocenters. The summed E-state index contributed by atoms with van der Waals surface area (Å²) in [5.74, 6) is -0.655. The highest BCUT2D eigenvalue weighted by Crippen LogP contribution is 2.32. The zero-order chi connectivity index (χ0) is 11.6. The van der Waals surface area contributed by atoms with E-state index in [1.54, 1.807) is 6.92 Å². The quantitative estimate of drug-likeness (QED) is 0.890. The number of aryl methyl sites for hydroxylation is 1. The largest absolute Gasteiger partial charge is 0.507 e. The van der Waals surface area contributed by atoms with Crippen molar-refractivity contribution in [2.24, 2.45) is 0 Å². The van der Waals surface area contributed by atoms with Crippen molar-refractivity contribution in [2.45, 2.75) is 26.7 Å². The van der Waals surface area contributed by atoms with Crippen molar-refractivity contribution in [1.29, 1.82) is 0 Å². The molecular formula is C11H13BrO3. The Bertz CT molecular complexity index is 399. The van der Waals surface area contributed by atoms with Gasteiger partial charge >= 0.3 is 5.97 Å². The molecule has 0 aliphatic heterocycles. The van der Waals surface area contributed by atoms with E-state index >= 15 is 0 Å². The van der Waals surface area contributed by atoms with Crippen molar-refractivity contribution in [3.63, 3.8) is 0 Å². The number of phenolic OH excluding ortho intramolecular Hbond substituents is 1. The SMILES string of the molecule is Cc1cc(Br)c(C)c(O)c1CCC(=O)O.